The molecule has 0 aliphatic heterocycles. The van der Waals surface area contributed by atoms with E-state index >= 15 is 0 Å². The van der Waals surface area contributed by atoms with Gasteiger partial charge in [-0.3, -0.25) is 4.98 Å². The summed E-state index contributed by atoms with van der Waals surface area (Å²) in [6, 6.07) is 4.14. The van der Waals surface area contributed by atoms with Crippen LogP contribution in [-0.4, -0.2) is 4.98 Å². The van der Waals surface area contributed by atoms with E-state index in [4.69, 9.17) is 11.6 Å². The molecule has 2 heteroatoms. The van der Waals surface area contributed by atoms with Crippen LogP contribution in [0.1, 0.15) is 37.4 Å². The van der Waals surface area contributed by atoms with Crippen molar-refractivity contribution in [2.45, 2.75) is 32.1 Å². The van der Waals surface area contributed by atoms with Gasteiger partial charge in [0.1, 0.15) is 0 Å². The molecule has 1 aromatic rings. The Morgan fingerprint density at radius 3 is 2.92 bits per heavy atom. The number of pyridine rings is 1. The topological polar surface area (TPSA) is 12.9 Å². The van der Waals surface area contributed by atoms with E-state index in [1.807, 2.05) is 6.20 Å². The van der Waals surface area contributed by atoms with E-state index in [-0.39, 0.29) is 0 Å². The van der Waals surface area contributed by atoms with Gasteiger partial charge < -0.3 is 0 Å². The second-order valence-electron chi connectivity index (χ2n) is 3.02. The first-order chi connectivity index (χ1) is 5.77. The average molecular weight is 184 g/mol. The Morgan fingerprint density at radius 1 is 1.58 bits per heavy atom. The third-order valence-electron chi connectivity index (χ3n) is 2.16. The Balaban J connectivity index is 2.86. The molecule has 0 aromatic carbocycles. The summed E-state index contributed by atoms with van der Waals surface area (Å²) in [7, 11) is 0. The van der Waals surface area contributed by atoms with Crippen molar-refractivity contribution >= 4 is 11.6 Å². The maximum atomic E-state index is 5.68. The first kappa shape index (κ1) is 9.53. The summed E-state index contributed by atoms with van der Waals surface area (Å²) in [4.78, 5) is 4.14. The molecular formula is C10H14ClN. The summed E-state index contributed by atoms with van der Waals surface area (Å²) in [5, 5.41) is 0. The number of aromatic nitrogens is 1. The molecule has 0 bridgehead atoms. The van der Waals surface area contributed by atoms with Gasteiger partial charge in [-0.1, -0.05) is 13.8 Å². The van der Waals surface area contributed by atoms with Gasteiger partial charge in [0.2, 0.25) is 0 Å². The van der Waals surface area contributed by atoms with E-state index in [9.17, 15) is 0 Å². The molecule has 0 aliphatic carbocycles. The Kier molecular flexibility index (Phi) is 3.54. The van der Waals surface area contributed by atoms with Crippen molar-refractivity contribution in [2.75, 3.05) is 0 Å². The molecule has 0 fully saturated rings. The molecule has 1 aromatic heterocycles. The Morgan fingerprint density at radius 2 is 2.33 bits per heavy atom. The number of hydrogen-bond acceptors (Lipinski definition) is 1. The number of rotatable bonds is 3. The van der Waals surface area contributed by atoms with Crippen molar-refractivity contribution in [3.8, 4) is 0 Å². The highest BCUT2D eigenvalue weighted by atomic mass is 35.5. The summed E-state index contributed by atoms with van der Waals surface area (Å²) in [5.74, 6) is 1.11. The average Bonchev–Trinajstić information content (AvgIpc) is 2.17. The van der Waals surface area contributed by atoms with Crippen LogP contribution in [-0.2, 0) is 5.88 Å². The Bertz CT molecular complexity index is 247. The van der Waals surface area contributed by atoms with Crippen LogP contribution in [0.25, 0.3) is 0 Å². The van der Waals surface area contributed by atoms with Crippen molar-refractivity contribution in [1.82, 2.24) is 4.98 Å². The molecule has 1 nitrogen and oxygen atoms in total. The quantitative estimate of drug-likeness (QED) is 0.656. The van der Waals surface area contributed by atoms with E-state index in [0.29, 0.717) is 11.8 Å². The van der Waals surface area contributed by atoms with Gasteiger partial charge in [0.25, 0.3) is 0 Å². The molecule has 0 spiro atoms. The number of alkyl halides is 1. The number of halogens is 1. The predicted molar refractivity (Wildman–Crippen MR) is 52.5 cm³/mol. The summed E-state index contributed by atoms with van der Waals surface area (Å²) in [6.07, 6.45) is 2.99. The highest BCUT2D eigenvalue weighted by molar-refractivity contribution is 6.16. The van der Waals surface area contributed by atoms with Crippen molar-refractivity contribution < 1.29 is 0 Å². The fourth-order valence-electron chi connectivity index (χ4n) is 1.11. The lowest BCUT2D eigenvalue weighted by Gasteiger charge is -2.08. The van der Waals surface area contributed by atoms with Crippen molar-refractivity contribution in [2.24, 2.45) is 0 Å². The first-order valence-corrected chi connectivity index (χ1v) is 4.82. The van der Waals surface area contributed by atoms with Gasteiger partial charge in [0.05, 0.1) is 11.6 Å². The van der Waals surface area contributed by atoms with Crippen molar-refractivity contribution in [3.05, 3.63) is 29.6 Å². The summed E-state index contributed by atoms with van der Waals surface area (Å²) in [6.45, 7) is 4.40. The molecule has 1 heterocycles. The lowest BCUT2D eigenvalue weighted by molar-refractivity contribution is 0.730. The summed E-state index contributed by atoms with van der Waals surface area (Å²) >= 11 is 5.68. The molecule has 0 saturated carbocycles. The molecule has 1 unspecified atom stereocenters. The first-order valence-electron chi connectivity index (χ1n) is 4.28. The molecule has 0 aliphatic rings. The zero-order valence-electron chi connectivity index (χ0n) is 7.55. The van der Waals surface area contributed by atoms with Gasteiger partial charge in [-0.25, -0.2) is 0 Å². The largest absolute Gasteiger partial charge is 0.260 e. The molecule has 1 atom stereocenters. The smallest absolute Gasteiger partial charge is 0.0647 e. The second kappa shape index (κ2) is 4.46. The Labute approximate surface area is 78.8 Å². The second-order valence-corrected chi connectivity index (χ2v) is 3.29. The van der Waals surface area contributed by atoms with Gasteiger partial charge in [-0.05, 0) is 30.0 Å². The highest BCUT2D eigenvalue weighted by Gasteiger charge is 2.02. The maximum Gasteiger partial charge on any atom is 0.0647 e. The van der Waals surface area contributed by atoms with Crippen LogP contribution in [0.15, 0.2) is 18.3 Å². The van der Waals surface area contributed by atoms with E-state index in [0.717, 1.165) is 12.1 Å². The lowest BCUT2D eigenvalue weighted by atomic mass is 9.99. The molecule has 0 amide bonds. The van der Waals surface area contributed by atoms with Crippen LogP contribution in [0.5, 0.6) is 0 Å². The van der Waals surface area contributed by atoms with Crippen LogP contribution in [0.2, 0.25) is 0 Å². The van der Waals surface area contributed by atoms with Crippen LogP contribution in [0, 0.1) is 0 Å². The van der Waals surface area contributed by atoms with E-state index in [1.165, 1.54) is 5.56 Å². The maximum absolute atomic E-state index is 5.68. The van der Waals surface area contributed by atoms with Crippen molar-refractivity contribution in [3.63, 3.8) is 0 Å². The monoisotopic (exact) mass is 183 g/mol. The number of hydrogen-bond donors (Lipinski definition) is 0. The summed E-state index contributed by atoms with van der Waals surface area (Å²) < 4.78 is 0. The van der Waals surface area contributed by atoms with Crippen LogP contribution < -0.4 is 0 Å². The molecule has 1 rings (SSSR count). The molecule has 0 saturated heterocycles. The minimum Gasteiger partial charge on any atom is -0.260 e. The van der Waals surface area contributed by atoms with Gasteiger partial charge in [-0.15, -0.1) is 11.6 Å². The minimum atomic E-state index is 0.504. The predicted octanol–water partition coefficient (Wildman–Crippen LogP) is 3.33. The molecular weight excluding hydrogens is 170 g/mol. The lowest BCUT2D eigenvalue weighted by Crippen LogP contribution is -1.94. The Hall–Kier alpha value is -0.560. The standard InChI is InChI=1S/C10H14ClN/c1-3-8(2)9-4-5-12-10(6-9)7-11/h4-6,8H,3,7H2,1-2H3. The van der Waals surface area contributed by atoms with E-state index in [1.54, 1.807) is 0 Å². The molecule has 0 N–H and O–H groups in total. The van der Waals surface area contributed by atoms with Crippen molar-refractivity contribution in [1.29, 1.82) is 0 Å². The minimum absolute atomic E-state index is 0.504. The van der Waals surface area contributed by atoms with Crippen LogP contribution >= 0.6 is 11.6 Å². The van der Waals surface area contributed by atoms with Gasteiger partial charge in [0.15, 0.2) is 0 Å². The normalized spacial score (nSPS) is 12.9. The zero-order chi connectivity index (χ0) is 8.97. The molecule has 66 valence electrons. The zero-order valence-corrected chi connectivity index (χ0v) is 8.30. The van der Waals surface area contributed by atoms with E-state index in [2.05, 4.69) is 31.0 Å². The van der Waals surface area contributed by atoms with Crippen LogP contribution in [0.3, 0.4) is 0 Å². The van der Waals surface area contributed by atoms with Gasteiger partial charge in [0, 0.05) is 6.20 Å². The van der Waals surface area contributed by atoms with Gasteiger partial charge >= 0.3 is 0 Å². The fourth-order valence-corrected chi connectivity index (χ4v) is 1.26. The highest BCUT2D eigenvalue weighted by Crippen LogP contribution is 2.18. The third kappa shape index (κ3) is 2.21. The SMILES string of the molecule is CCC(C)c1ccnc(CCl)c1. The fraction of sp³-hybridized carbons (Fsp3) is 0.500. The van der Waals surface area contributed by atoms with E-state index < -0.39 is 0 Å². The van der Waals surface area contributed by atoms with Gasteiger partial charge in [-0.2, -0.15) is 0 Å². The van der Waals surface area contributed by atoms with Crippen LogP contribution in [0.4, 0.5) is 0 Å². The summed E-state index contributed by atoms with van der Waals surface area (Å²) in [5.41, 5.74) is 2.30. The third-order valence-corrected chi connectivity index (χ3v) is 2.43. The molecule has 0 radical (unpaired) electrons. The molecule has 12 heavy (non-hydrogen) atoms. The number of nitrogens with zero attached hydrogens (tertiary/aromatic N) is 1.